The molecule has 1 aliphatic carbocycles. The first kappa shape index (κ1) is 17.8. The van der Waals surface area contributed by atoms with Gasteiger partial charge >= 0.3 is 0 Å². The molecule has 0 unspecified atom stereocenters. The molecule has 0 saturated heterocycles. The van der Waals surface area contributed by atoms with Gasteiger partial charge in [0.25, 0.3) is 0 Å². The summed E-state index contributed by atoms with van der Waals surface area (Å²) in [6, 6.07) is 12.8. The molecule has 0 fully saturated rings. The number of benzene rings is 2. The highest BCUT2D eigenvalue weighted by molar-refractivity contribution is 5.63. The first-order valence-corrected chi connectivity index (χ1v) is 9.94. The average Bonchev–Trinajstić information content (AvgIpc) is 2.66. The van der Waals surface area contributed by atoms with E-state index in [1.807, 2.05) is 6.07 Å². The quantitative estimate of drug-likeness (QED) is 0.578. The highest BCUT2D eigenvalue weighted by Gasteiger charge is 2.19. The van der Waals surface area contributed by atoms with Gasteiger partial charge < -0.3 is 10.4 Å². The van der Waals surface area contributed by atoms with E-state index in [-0.39, 0.29) is 0 Å². The molecule has 0 saturated carbocycles. The number of hydrogen-bond acceptors (Lipinski definition) is 2. The van der Waals surface area contributed by atoms with Gasteiger partial charge in [0.15, 0.2) is 0 Å². The lowest BCUT2D eigenvalue weighted by molar-refractivity contribution is 0.453. The molecule has 2 heteroatoms. The zero-order valence-electron chi connectivity index (χ0n) is 15.5. The van der Waals surface area contributed by atoms with Gasteiger partial charge in [-0.1, -0.05) is 56.5 Å². The molecule has 0 aromatic heterocycles. The van der Waals surface area contributed by atoms with Crippen LogP contribution in [0.5, 0.6) is 5.75 Å². The van der Waals surface area contributed by atoms with E-state index in [0.29, 0.717) is 5.75 Å². The third kappa shape index (κ3) is 4.56. The monoisotopic (exact) mass is 337 g/mol. The van der Waals surface area contributed by atoms with Gasteiger partial charge in [0.05, 0.1) is 0 Å². The van der Waals surface area contributed by atoms with Crippen LogP contribution in [0.25, 0.3) is 0 Å². The van der Waals surface area contributed by atoms with Crippen LogP contribution >= 0.6 is 0 Å². The number of unbranched alkanes of at least 4 members (excludes halogenated alkanes) is 3. The lowest BCUT2D eigenvalue weighted by Gasteiger charge is -2.23. The molecule has 2 N–H and O–H groups in total. The number of phenolic OH excluding ortho intramolecular Hbond substituents is 1. The Morgan fingerprint density at radius 3 is 2.60 bits per heavy atom. The Morgan fingerprint density at radius 1 is 1.00 bits per heavy atom. The summed E-state index contributed by atoms with van der Waals surface area (Å²) in [6.07, 6.45) is 10.4. The van der Waals surface area contributed by atoms with Crippen molar-refractivity contribution >= 4 is 5.69 Å². The summed E-state index contributed by atoms with van der Waals surface area (Å²) < 4.78 is 0. The van der Waals surface area contributed by atoms with Crippen molar-refractivity contribution in [3.63, 3.8) is 0 Å². The molecular weight excluding hydrogens is 306 g/mol. The highest BCUT2D eigenvalue weighted by atomic mass is 16.3. The van der Waals surface area contributed by atoms with Gasteiger partial charge in [-0.2, -0.15) is 0 Å². The SMILES string of the molecule is CCCCCCc1c(NCc2ccccc2)cc2c(c1O)CCCC2. The number of phenols is 1. The number of aromatic hydroxyl groups is 1. The molecule has 0 atom stereocenters. The lowest BCUT2D eigenvalue weighted by Crippen LogP contribution is -2.09. The Kier molecular flexibility index (Phi) is 6.38. The van der Waals surface area contributed by atoms with Crippen molar-refractivity contribution in [1.82, 2.24) is 0 Å². The number of aryl methyl sites for hydroxylation is 1. The van der Waals surface area contributed by atoms with E-state index in [1.165, 1.54) is 48.8 Å². The standard InChI is InChI=1S/C23H31NO/c1-2-3-4-8-15-21-22(24-17-18-11-6-5-7-12-18)16-19-13-9-10-14-20(19)23(21)25/h5-7,11-12,16,24-25H,2-4,8-10,13-15,17H2,1H3. The van der Waals surface area contributed by atoms with E-state index in [9.17, 15) is 5.11 Å². The van der Waals surface area contributed by atoms with Gasteiger partial charge in [0, 0.05) is 17.8 Å². The molecule has 25 heavy (non-hydrogen) atoms. The molecule has 0 spiro atoms. The zero-order valence-corrected chi connectivity index (χ0v) is 15.5. The van der Waals surface area contributed by atoms with E-state index < -0.39 is 0 Å². The molecule has 0 heterocycles. The Morgan fingerprint density at radius 2 is 1.80 bits per heavy atom. The first-order valence-electron chi connectivity index (χ1n) is 9.94. The summed E-state index contributed by atoms with van der Waals surface area (Å²) in [7, 11) is 0. The van der Waals surface area contributed by atoms with Crippen molar-refractivity contribution in [2.24, 2.45) is 0 Å². The van der Waals surface area contributed by atoms with E-state index in [1.54, 1.807) is 0 Å². The Balaban J connectivity index is 1.81. The van der Waals surface area contributed by atoms with Crippen LogP contribution < -0.4 is 5.32 Å². The van der Waals surface area contributed by atoms with Crippen LogP contribution in [0.2, 0.25) is 0 Å². The number of fused-ring (bicyclic) bond motifs is 1. The molecule has 2 nitrogen and oxygen atoms in total. The summed E-state index contributed by atoms with van der Waals surface area (Å²) in [5.74, 6) is 0.573. The number of rotatable bonds is 8. The molecule has 0 amide bonds. The maximum atomic E-state index is 10.9. The van der Waals surface area contributed by atoms with Crippen molar-refractivity contribution in [3.05, 3.63) is 58.7 Å². The Labute approximate surface area is 152 Å². The van der Waals surface area contributed by atoms with Crippen LogP contribution in [0, 0.1) is 0 Å². The van der Waals surface area contributed by atoms with Gasteiger partial charge in [-0.3, -0.25) is 0 Å². The smallest absolute Gasteiger partial charge is 0.124 e. The Bertz CT molecular complexity index is 678. The fraction of sp³-hybridized carbons (Fsp3) is 0.478. The largest absolute Gasteiger partial charge is 0.507 e. The van der Waals surface area contributed by atoms with Crippen LogP contribution in [0.4, 0.5) is 5.69 Å². The molecule has 1 aliphatic rings. The van der Waals surface area contributed by atoms with Gasteiger partial charge in [-0.25, -0.2) is 0 Å². The molecule has 134 valence electrons. The van der Waals surface area contributed by atoms with E-state index in [4.69, 9.17) is 0 Å². The molecule has 0 radical (unpaired) electrons. The van der Waals surface area contributed by atoms with Crippen molar-refractivity contribution in [2.45, 2.75) is 71.3 Å². The summed E-state index contributed by atoms with van der Waals surface area (Å²) in [6.45, 7) is 3.05. The van der Waals surface area contributed by atoms with E-state index in [2.05, 4.69) is 42.6 Å². The first-order chi connectivity index (χ1) is 12.3. The maximum absolute atomic E-state index is 10.9. The highest BCUT2D eigenvalue weighted by Crippen LogP contribution is 2.38. The predicted molar refractivity (Wildman–Crippen MR) is 106 cm³/mol. The van der Waals surface area contributed by atoms with Crippen LogP contribution in [0.15, 0.2) is 36.4 Å². The van der Waals surface area contributed by atoms with Crippen LogP contribution in [-0.2, 0) is 25.8 Å². The van der Waals surface area contributed by atoms with E-state index in [0.717, 1.165) is 43.5 Å². The van der Waals surface area contributed by atoms with Crippen LogP contribution in [0.3, 0.4) is 0 Å². The lowest BCUT2D eigenvalue weighted by atomic mass is 9.87. The predicted octanol–water partition coefficient (Wildman–Crippen LogP) is 6.01. The Hall–Kier alpha value is -1.96. The minimum Gasteiger partial charge on any atom is -0.507 e. The molecule has 2 aromatic rings. The third-order valence-corrected chi connectivity index (χ3v) is 5.33. The number of anilines is 1. The topological polar surface area (TPSA) is 32.3 Å². The second-order valence-corrected chi connectivity index (χ2v) is 7.25. The maximum Gasteiger partial charge on any atom is 0.124 e. The third-order valence-electron chi connectivity index (χ3n) is 5.33. The van der Waals surface area contributed by atoms with Crippen molar-refractivity contribution < 1.29 is 5.11 Å². The molecule has 0 aliphatic heterocycles. The zero-order chi connectivity index (χ0) is 17.5. The van der Waals surface area contributed by atoms with Gasteiger partial charge in [0.2, 0.25) is 0 Å². The second-order valence-electron chi connectivity index (χ2n) is 7.25. The molecule has 0 bridgehead atoms. The summed E-state index contributed by atoms with van der Waals surface area (Å²) >= 11 is 0. The van der Waals surface area contributed by atoms with Crippen LogP contribution in [-0.4, -0.2) is 5.11 Å². The normalized spacial score (nSPS) is 13.5. The number of hydrogen-bond donors (Lipinski definition) is 2. The fourth-order valence-electron chi connectivity index (χ4n) is 3.86. The fourth-order valence-corrected chi connectivity index (χ4v) is 3.86. The summed E-state index contributed by atoms with van der Waals surface area (Å²) in [5, 5.41) is 14.5. The van der Waals surface area contributed by atoms with Crippen LogP contribution in [0.1, 0.15) is 67.7 Å². The summed E-state index contributed by atoms with van der Waals surface area (Å²) in [5.41, 5.74) is 6.10. The van der Waals surface area contributed by atoms with Crippen molar-refractivity contribution in [2.75, 3.05) is 5.32 Å². The van der Waals surface area contributed by atoms with Gasteiger partial charge in [0.1, 0.15) is 5.75 Å². The van der Waals surface area contributed by atoms with Gasteiger partial charge in [-0.05, 0) is 61.3 Å². The van der Waals surface area contributed by atoms with Gasteiger partial charge in [-0.15, -0.1) is 0 Å². The van der Waals surface area contributed by atoms with E-state index >= 15 is 0 Å². The molecule has 3 rings (SSSR count). The molecule has 2 aromatic carbocycles. The minimum atomic E-state index is 0.573. The average molecular weight is 338 g/mol. The van der Waals surface area contributed by atoms with Crippen molar-refractivity contribution in [1.29, 1.82) is 0 Å². The van der Waals surface area contributed by atoms with Crippen molar-refractivity contribution in [3.8, 4) is 5.75 Å². The second kappa shape index (κ2) is 8.94. The molecular formula is C23H31NO. The number of nitrogens with one attached hydrogen (secondary N) is 1. The minimum absolute atomic E-state index is 0.573. The summed E-state index contributed by atoms with van der Waals surface area (Å²) in [4.78, 5) is 0.